The van der Waals surface area contributed by atoms with Gasteiger partial charge in [-0.05, 0) is 85.8 Å². The Balaban J connectivity index is 0.000000219. The zero-order chi connectivity index (χ0) is 49.1. The number of carboxylic acid groups (broad SMARTS) is 1. The van der Waals surface area contributed by atoms with Gasteiger partial charge in [-0.15, -0.1) is 0 Å². The number of fused-ring (bicyclic) bond motifs is 2. The summed E-state index contributed by atoms with van der Waals surface area (Å²) in [7, 11) is -2.87. The molecule has 4 aliphatic rings. The topological polar surface area (TPSA) is 231 Å². The van der Waals surface area contributed by atoms with Crippen molar-refractivity contribution in [2.45, 2.75) is 54.7 Å². The molecule has 0 radical (unpaired) electrons. The number of halogens is 5. The molecule has 12 nitrogen and oxygen atoms in total. The average Bonchev–Trinajstić information content (AvgIpc) is 4.21. The van der Waals surface area contributed by atoms with Gasteiger partial charge in [-0.25, -0.2) is 37.3 Å². The van der Waals surface area contributed by atoms with Crippen LogP contribution in [0.4, 0.5) is 27.6 Å². The predicted octanol–water partition coefficient (Wildman–Crippen LogP) is 7.07. The second-order valence-corrected chi connectivity index (χ2v) is 17.0. The summed E-state index contributed by atoms with van der Waals surface area (Å²) < 4.78 is 89.9. The number of hydrogen-bond acceptors (Lipinski definition) is 13. The van der Waals surface area contributed by atoms with Gasteiger partial charge in [0.15, 0.2) is 21.8 Å². The van der Waals surface area contributed by atoms with E-state index in [1.54, 1.807) is 19.9 Å². The number of anilines is 1. The lowest BCUT2D eigenvalue weighted by Gasteiger charge is -2.31. The van der Waals surface area contributed by atoms with Crippen molar-refractivity contribution in [1.29, 1.82) is 14.4 Å². The van der Waals surface area contributed by atoms with Gasteiger partial charge in [0.2, 0.25) is 0 Å². The zero-order valence-electron chi connectivity index (χ0n) is 37.2. The number of aryl methyl sites for hydroxylation is 2. The van der Waals surface area contributed by atoms with E-state index in [-0.39, 0.29) is 62.2 Å². The normalized spacial score (nSPS) is 24.2. The minimum absolute atomic E-state index is 0.00556. The molecule has 2 fully saturated rings. The van der Waals surface area contributed by atoms with Crippen molar-refractivity contribution in [1.82, 2.24) is 9.97 Å². The van der Waals surface area contributed by atoms with E-state index in [0.29, 0.717) is 38.7 Å². The monoisotopic (exact) mass is 918 g/mol. The summed E-state index contributed by atoms with van der Waals surface area (Å²) in [5.74, 6) is -2.46. The largest absolute Gasteiger partial charge is 0.477 e. The number of rotatable bonds is 8. The average molecular weight is 919 g/mol. The third kappa shape index (κ3) is 10.3. The van der Waals surface area contributed by atoms with E-state index in [9.17, 15) is 31.5 Å². The lowest BCUT2D eigenvalue weighted by Crippen LogP contribution is -2.36. The first-order valence-corrected chi connectivity index (χ1v) is 20.1. The fourth-order valence-electron chi connectivity index (χ4n) is 7.40. The first-order chi connectivity index (χ1) is 31.2. The number of aromatic nitrogens is 2. The van der Waals surface area contributed by atoms with E-state index in [1.165, 1.54) is 78.4 Å². The van der Waals surface area contributed by atoms with E-state index >= 15 is 0 Å². The van der Waals surface area contributed by atoms with Gasteiger partial charge < -0.3 is 22.3 Å². The lowest BCUT2D eigenvalue weighted by atomic mass is 9.84. The van der Waals surface area contributed by atoms with Crippen LogP contribution >= 0.6 is 33.3 Å². The molecule has 62 heavy (non-hydrogen) atoms. The number of benzene rings is 2. The number of nitriles is 2. The van der Waals surface area contributed by atoms with Crippen LogP contribution in [0.3, 0.4) is 0 Å². The number of amidine groups is 2. The Labute approximate surface area is 371 Å². The Bertz CT molecular complexity index is 2590. The van der Waals surface area contributed by atoms with Gasteiger partial charge in [0.1, 0.15) is 53.9 Å². The number of alkyl halides is 3. The highest BCUT2D eigenvalue weighted by molar-refractivity contribution is 8.14. The van der Waals surface area contributed by atoms with Crippen LogP contribution in [0.1, 0.15) is 74.1 Å². The van der Waals surface area contributed by atoms with Crippen LogP contribution in [0, 0.1) is 60.0 Å². The number of thioether (sulfide) groups is 2. The second kappa shape index (κ2) is 20.5. The molecule has 0 spiro atoms. The molecule has 8 rings (SSSR count). The van der Waals surface area contributed by atoms with Gasteiger partial charge >= 0.3 is 5.97 Å². The van der Waals surface area contributed by atoms with Crippen LogP contribution in [0.2, 0.25) is 0 Å². The zero-order valence-corrected chi connectivity index (χ0v) is 35.7. The molecule has 2 unspecified atom stereocenters. The number of aromatic carboxylic acids is 1. The van der Waals surface area contributed by atoms with Crippen molar-refractivity contribution in [2.24, 2.45) is 33.3 Å². The number of carbonyl (C=O) groups is 2. The number of aliphatic imine (C=N–C) groups is 2. The van der Waals surface area contributed by atoms with E-state index in [2.05, 4.69) is 20.0 Å². The SMILES string of the molecule is Cc1cc(C#N)cnc1C(=O)Cc1ccc(F)c([C@@]2(CF)N=C(N)SC3C[C@H]32)c1.Cc1cc(C#N)cnc1C(=O)O.NC1=N[C@](CF)(c2cc(N)ccc2F)[C@@H]2CC2S1.[2H]CF.[3H]P([3H])[3H]. The molecule has 4 aromatic rings. The smallest absolute Gasteiger partial charge is 0.354 e. The first-order valence-electron chi connectivity index (χ1n) is 20.4. The van der Waals surface area contributed by atoms with Crippen molar-refractivity contribution >= 4 is 61.0 Å². The quantitative estimate of drug-likeness (QED) is 0.0602. The molecule has 0 amide bonds. The fraction of sp³-hybridized carbons (Fsp3) is 0.333. The van der Waals surface area contributed by atoms with Gasteiger partial charge in [0, 0.05) is 58.0 Å². The number of nitrogens with two attached hydrogens (primary N) is 3. The maximum atomic E-state index is 14.7. The van der Waals surface area contributed by atoms with Crippen LogP contribution < -0.4 is 17.2 Å². The summed E-state index contributed by atoms with van der Waals surface area (Å²) in [6.45, 7) is 1.72. The molecule has 0 bridgehead atoms. The molecule has 0 saturated heterocycles. The van der Waals surface area contributed by atoms with Crippen LogP contribution in [-0.4, -0.2) is 72.0 Å². The van der Waals surface area contributed by atoms with Crippen molar-refractivity contribution in [3.05, 3.63) is 123 Å². The van der Waals surface area contributed by atoms with Crippen molar-refractivity contribution in [3.63, 3.8) is 0 Å². The van der Waals surface area contributed by atoms with Gasteiger partial charge in [0.05, 0.1) is 23.5 Å². The maximum absolute atomic E-state index is 14.7. The molecule has 2 aliphatic heterocycles. The second-order valence-electron chi connectivity index (χ2n) is 14.5. The summed E-state index contributed by atoms with van der Waals surface area (Å²) >= 11 is 2.85. The Kier molecular flexibility index (Phi) is 14.2. The predicted molar refractivity (Wildman–Crippen MR) is 235 cm³/mol. The summed E-state index contributed by atoms with van der Waals surface area (Å²) in [6, 6.07) is 15.4. The van der Waals surface area contributed by atoms with Crippen LogP contribution in [-0.2, 0) is 17.5 Å². The molecule has 2 aliphatic carbocycles. The molecular weight excluding hydrogens is 869 g/mol. The van der Waals surface area contributed by atoms with Gasteiger partial charge in [-0.1, -0.05) is 29.6 Å². The lowest BCUT2D eigenvalue weighted by molar-refractivity contribution is 0.0689. The van der Waals surface area contributed by atoms with Crippen molar-refractivity contribution in [2.75, 3.05) is 26.2 Å². The van der Waals surface area contributed by atoms with E-state index in [0.717, 1.165) is 12.8 Å². The van der Waals surface area contributed by atoms with Crippen LogP contribution in [0.15, 0.2) is 70.9 Å². The summed E-state index contributed by atoms with van der Waals surface area (Å²) in [6.07, 6.45) is 4.12. The number of Topliss-reactive ketones (excluding diaryl/α,β-unsaturated/α-hetero) is 1. The molecule has 326 valence electrons. The molecule has 7 N–H and O–H groups in total. The minimum Gasteiger partial charge on any atom is -0.477 e. The third-order valence-electron chi connectivity index (χ3n) is 10.5. The number of carbonyl (C=O) groups excluding carboxylic acids is 1. The molecule has 20 heteroatoms. The number of carboxylic acids is 1. The minimum atomic E-state index is -1.87. The maximum Gasteiger partial charge on any atom is 0.354 e. The number of nitrogens with zero attached hydrogens (tertiary/aromatic N) is 6. The fourth-order valence-corrected chi connectivity index (χ4v) is 9.84. The molecule has 4 heterocycles. The highest BCUT2D eigenvalue weighted by Gasteiger charge is 2.59. The number of nitrogen functional groups attached to an aromatic ring is 1. The molecular formula is C42H43F5N9O3PS2. The van der Waals surface area contributed by atoms with Gasteiger partial charge in [0.25, 0.3) is 0 Å². The Morgan fingerprint density at radius 1 is 0.871 bits per heavy atom. The van der Waals surface area contributed by atoms with E-state index in [1.807, 2.05) is 12.1 Å². The number of pyridine rings is 2. The van der Waals surface area contributed by atoms with Gasteiger partial charge in [-0.2, -0.15) is 20.3 Å². The highest BCUT2D eigenvalue weighted by atomic mass is 32.2. The molecule has 2 aromatic carbocycles. The van der Waals surface area contributed by atoms with Crippen molar-refractivity contribution < 1.29 is 38.0 Å². The Morgan fingerprint density at radius 2 is 1.32 bits per heavy atom. The third-order valence-corrected chi connectivity index (χ3v) is 12.8. The standard InChI is InChI=1S/C21H18F2N4OS.C12H13F2N3S.C8H6N2O2.CH3F.H3P/c1-11-4-13(8-24)9-26-19(11)17(28)6-12-2-3-16(23)14(5-12)21(10-22)15-7-18(15)29-20(25)27-21;13-5-12(7-3-6(15)1-2-9(7)14)8-4-10(8)18-11(16)17-12;1-5-2-6(3-9)4-10-7(5)8(11)12;1-2;/h2-5,9,15,18H,6-7,10H2,1H3,(H2,25,27);1-3,8,10H,4-5,15H2,(H2,16,17);2,4H,1H3,(H,11,12);1H3;1H3/t15-,18?,21-;8-,10?,12-;;;/m11.../s1/i;;;1D;1T3. The Morgan fingerprint density at radius 3 is 1.76 bits per heavy atom. The molecule has 2 saturated carbocycles. The first kappa shape index (κ1) is 43.0. The highest BCUT2D eigenvalue weighted by Crippen LogP contribution is 2.59. The van der Waals surface area contributed by atoms with Crippen LogP contribution in [0.5, 0.6) is 0 Å². The number of hydrogen-bond donors (Lipinski definition) is 4. The summed E-state index contributed by atoms with van der Waals surface area (Å²) in [4.78, 5) is 39.4. The van der Waals surface area contributed by atoms with Crippen molar-refractivity contribution in [3.8, 4) is 12.1 Å². The summed E-state index contributed by atoms with van der Waals surface area (Å²) in [5.41, 5.74) is 18.2. The Hall–Kier alpha value is -5.62. The summed E-state index contributed by atoms with van der Waals surface area (Å²) in [5, 5.41) is 27.0. The van der Waals surface area contributed by atoms with E-state index in [4.69, 9.17) is 38.0 Å². The van der Waals surface area contributed by atoms with Crippen LogP contribution in [0.25, 0.3) is 0 Å². The van der Waals surface area contributed by atoms with Gasteiger partial charge in [-0.3, -0.25) is 14.2 Å². The van der Waals surface area contributed by atoms with E-state index < -0.39 is 58.9 Å². The molecule has 2 aromatic heterocycles. The number of ketones is 1. The molecule has 6 atom stereocenters.